The monoisotopic (exact) mass is 296 g/mol. The molecule has 1 saturated carbocycles. The molecule has 0 heterocycles. The zero-order chi connectivity index (χ0) is 14.6. The molecule has 0 amide bonds. The van der Waals surface area contributed by atoms with Crippen LogP contribution < -0.4 is 10.0 Å². The van der Waals surface area contributed by atoms with Crippen molar-refractivity contribution in [1.82, 2.24) is 10.0 Å². The standard InChI is InChI=1S/C15H24N2O2S/c1-3-16-11-13-4-8-15(9-5-13)20(18,19)17-10-12(2)14-6-7-14/h4-5,8-9,12,14,16-17H,3,6-7,10-11H2,1-2H3. The number of sulfonamides is 1. The van der Waals surface area contributed by atoms with Gasteiger partial charge in [-0.2, -0.15) is 0 Å². The van der Waals surface area contributed by atoms with Gasteiger partial charge in [0.15, 0.2) is 0 Å². The molecular formula is C15H24N2O2S. The first-order valence-electron chi connectivity index (χ1n) is 7.32. The van der Waals surface area contributed by atoms with Crippen LogP contribution >= 0.6 is 0 Å². The van der Waals surface area contributed by atoms with Crippen LogP contribution in [0.1, 0.15) is 32.3 Å². The van der Waals surface area contributed by atoms with Gasteiger partial charge in [-0.05, 0) is 48.9 Å². The topological polar surface area (TPSA) is 58.2 Å². The molecule has 112 valence electrons. The second-order valence-corrected chi connectivity index (χ2v) is 7.36. The summed E-state index contributed by atoms with van der Waals surface area (Å²) >= 11 is 0. The molecule has 1 fully saturated rings. The van der Waals surface area contributed by atoms with Crippen molar-refractivity contribution in [1.29, 1.82) is 0 Å². The minimum Gasteiger partial charge on any atom is -0.313 e. The van der Waals surface area contributed by atoms with E-state index in [-0.39, 0.29) is 0 Å². The summed E-state index contributed by atoms with van der Waals surface area (Å²) in [5, 5.41) is 3.22. The third-order valence-electron chi connectivity index (χ3n) is 3.83. The third-order valence-corrected chi connectivity index (χ3v) is 5.27. The Bertz CT molecular complexity index is 521. The van der Waals surface area contributed by atoms with E-state index in [1.54, 1.807) is 12.1 Å². The van der Waals surface area contributed by atoms with Crippen molar-refractivity contribution in [2.45, 2.75) is 38.1 Å². The van der Waals surface area contributed by atoms with Crippen LogP contribution in [0.4, 0.5) is 0 Å². The Balaban J connectivity index is 1.93. The summed E-state index contributed by atoms with van der Waals surface area (Å²) in [6.45, 7) is 6.36. The minimum atomic E-state index is -3.37. The van der Waals surface area contributed by atoms with Crippen LogP contribution in [-0.2, 0) is 16.6 Å². The Kier molecular flexibility index (Phi) is 5.18. The maximum absolute atomic E-state index is 12.2. The Morgan fingerprint density at radius 1 is 1.25 bits per heavy atom. The Hall–Kier alpha value is -0.910. The van der Waals surface area contributed by atoms with Crippen LogP contribution in [0.3, 0.4) is 0 Å². The van der Waals surface area contributed by atoms with Gasteiger partial charge in [0.05, 0.1) is 4.90 Å². The molecule has 1 unspecified atom stereocenters. The maximum Gasteiger partial charge on any atom is 0.240 e. The van der Waals surface area contributed by atoms with E-state index in [1.807, 2.05) is 19.1 Å². The first-order chi connectivity index (χ1) is 9.53. The van der Waals surface area contributed by atoms with Gasteiger partial charge in [-0.3, -0.25) is 0 Å². The Morgan fingerprint density at radius 2 is 1.90 bits per heavy atom. The summed E-state index contributed by atoms with van der Waals surface area (Å²) in [4.78, 5) is 0.348. The predicted molar refractivity (Wildman–Crippen MR) is 80.9 cm³/mol. The molecule has 0 spiro atoms. The van der Waals surface area contributed by atoms with Gasteiger partial charge in [-0.25, -0.2) is 13.1 Å². The van der Waals surface area contributed by atoms with Gasteiger partial charge in [0, 0.05) is 13.1 Å². The van der Waals surface area contributed by atoms with E-state index in [2.05, 4.69) is 17.0 Å². The van der Waals surface area contributed by atoms with Crippen LogP contribution in [0.5, 0.6) is 0 Å². The molecule has 0 aromatic heterocycles. The molecule has 1 aromatic rings. The molecule has 2 N–H and O–H groups in total. The minimum absolute atomic E-state index is 0.348. The molecule has 0 bridgehead atoms. The summed E-state index contributed by atoms with van der Waals surface area (Å²) in [7, 11) is -3.37. The highest BCUT2D eigenvalue weighted by Gasteiger charge is 2.28. The molecule has 4 nitrogen and oxygen atoms in total. The van der Waals surface area contributed by atoms with Crippen molar-refractivity contribution in [3.63, 3.8) is 0 Å². The summed E-state index contributed by atoms with van der Waals surface area (Å²) in [6.07, 6.45) is 2.48. The fraction of sp³-hybridized carbons (Fsp3) is 0.600. The molecule has 0 saturated heterocycles. The summed E-state index contributed by atoms with van der Waals surface area (Å²) in [6, 6.07) is 7.08. The quantitative estimate of drug-likeness (QED) is 0.772. The Morgan fingerprint density at radius 3 is 2.45 bits per heavy atom. The van der Waals surface area contributed by atoms with E-state index in [0.717, 1.165) is 18.7 Å². The van der Waals surface area contributed by atoms with Gasteiger partial charge in [0.2, 0.25) is 10.0 Å². The first kappa shape index (κ1) is 15.5. The lowest BCUT2D eigenvalue weighted by atomic mass is 10.1. The number of hydrogen-bond donors (Lipinski definition) is 2. The molecule has 1 aliphatic rings. The molecule has 0 radical (unpaired) electrons. The van der Waals surface area contributed by atoms with Crippen LogP contribution in [0.25, 0.3) is 0 Å². The zero-order valence-corrected chi connectivity index (χ0v) is 13.0. The normalized spacial score (nSPS) is 17.1. The number of rotatable bonds is 8. The van der Waals surface area contributed by atoms with Gasteiger partial charge in [0.25, 0.3) is 0 Å². The SMILES string of the molecule is CCNCc1ccc(S(=O)(=O)NCC(C)C2CC2)cc1. The van der Waals surface area contributed by atoms with E-state index in [1.165, 1.54) is 12.8 Å². The van der Waals surface area contributed by atoms with Crippen LogP contribution in [-0.4, -0.2) is 21.5 Å². The average Bonchev–Trinajstić information content (AvgIpc) is 3.27. The van der Waals surface area contributed by atoms with Crippen LogP contribution in [0, 0.1) is 11.8 Å². The molecule has 1 atom stereocenters. The average molecular weight is 296 g/mol. The van der Waals surface area contributed by atoms with Gasteiger partial charge in [-0.1, -0.05) is 26.0 Å². The highest BCUT2D eigenvalue weighted by atomic mass is 32.2. The van der Waals surface area contributed by atoms with Crippen molar-refractivity contribution in [2.24, 2.45) is 11.8 Å². The number of benzene rings is 1. The van der Waals surface area contributed by atoms with Crippen molar-refractivity contribution < 1.29 is 8.42 Å². The largest absolute Gasteiger partial charge is 0.313 e. The first-order valence-corrected chi connectivity index (χ1v) is 8.80. The highest BCUT2D eigenvalue weighted by molar-refractivity contribution is 7.89. The Labute approximate surface area is 122 Å². The van der Waals surface area contributed by atoms with Crippen LogP contribution in [0.15, 0.2) is 29.2 Å². The summed E-state index contributed by atoms with van der Waals surface area (Å²) in [5.74, 6) is 1.14. The van der Waals surface area contributed by atoms with E-state index >= 15 is 0 Å². The second-order valence-electron chi connectivity index (χ2n) is 5.59. The van der Waals surface area contributed by atoms with Crippen molar-refractivity contribution in [2.75, 3.05) is 13.1 Å². The predicted octanol–water partition coefficient (Wildman–Crippen LogP) is 2.12. The van der Waals surface area contributed by atoms with E-state index < -0.39 is 10.0 Å². The molecule has 1 aliphatic carbocycles. The lowest BCUT2D eigenvalue weighted by Crippen LogP contribution is -2.29. The molecule has 1 aromatic carbocycles. The third kappa shape index (κ3) is 4.30. The van der Waals surface area contributed by atoms with E-state index in [0.29, 0.717) is 23.3 Å². The molecule has 5 heteroatoms. The van der Waals surface area contributed by atoms with Crippen molar-refractivity contribution >= 4 is 10.0 Å². The van der Waals surface area contributed by atoms with Gasteiger partial charge in [-0.15, -0.1) is 0 Å². The lowest BCUT2D eigenvalue weighted by molar-refractivity contribution is 0.492. The lowest BCUT2D eigenvalue weighted by Gasteiger charge is -2.12. The van der Waals surface area contributed by atoms with Gasteiger partial charge in [0.1, 0.15) is 0 Å². The van der Waals surface area contributed by atoms with Gasteiger partial charge >= 0.3 is 0 Å². The second kappa shape index (κ2) is 6.70. The molecule has 2 rings (SSSR count). The van der Waals surface area contributed by atoms with Gasteiger partial charge < -0.3 is 5.32 Å². The molecular weight excluding hydrogens is 272 g/mol. The van der Waals surface area contributed by atoms with Crippen molar-refractivity contribution in [3.8, 4) is 0 Å². The molecule has 20 heavy (non-hydrogen) atoms. The molecule has 0 aliphatic heterocycles. The summed E-state index contributed by atoms with van der Waals surface area (Å²) in [5.41, 5.74) is 1.09. The van der Waals surface area contributed by atoms with Crippen molar-refractivity contribution in [3.05, 3.63) is 29.8 Å². The maximum atomic E-state index is 12.2. The number of nitrogens with one attached hydrogen (secondary N) is 2. The summed E-state index contributed by atoms with van der Waals surface area (Å²) < 4.78 is 27.1. The zero-order valence-electron chi connectivity index (χ0n) is 12.2. The van der Waals surface area contributed by atoms with E-state index in [4.69, 9.17) is 0 Å². The smallest absolute Gasteiger partial charge is 0.240 e. The fourth-order valence-electron chi connectivity index (χ4n) is 2.21. The van der Waals surface area contributed by atoms with Crippen LogP contribution in [0.2, 0.25) is 0 Å². The fourth-order valence-corrected chi connectivity index (χ4v) is 3.36. The number of hydrogen-bond acceptors (Lipinski definition) is 3. The highest BCUT2D eigenvalue weighted by Crippen LogP contribution is 2.36. The van der Waals surface area contributed by atoms with E-state index in [9.17, 15) is 8.42 Å².